The molecule has 0 aliphatic carbocycles. The molecule has 7 nitrogen and oxygen atoms in total. The fourth-order valence-corrected chi connectivity index (χ4v) is 3.23. The second-order valence-corrected chi connectivity index (χ2v) is 6.41. The van der Waals surface area contributed by atoms with E-state index in [-0.39, 0.29) is 18.2 Å². The molecule has 27 heavy (non-hydrogen) atoms. The van der Waals surface area contributed by atoms with Gasteiger partial charge in [-0.2, -0.15) is 0 Å². The smallest absolute Gasteiger partial charge is 0.272 e. The van der Waals surface area contributed by atoms with Crippen LogP contribution in [0, 0.1) is 0 Å². The van der Waals surface area contributed by atoms with Crippen LogP contribution in [0.4, 0.5) is 0 Å². The molecule has 0 N–H and O–H groups in total. The molecule has 7 heteroatoms. The second kappa shape index (κ2) is 7.49. The summed E-state index contributed by atoms with van der Waals surface area (Å²) < 4.78 is 0. The van der Waals surface area contributed by atoms with E-state index >= 15 is 0 Å². The molecule has 0 radical (unpaired) electrons. The van der Waals surface area contributed by atoms with Crippen LogP contribution in [-0.2, 0) is 11.2 Å². The molecule has 0 saturated carbocycles. The Balaban J connectivity index is 1.57. The van der Waals surface area contributed by atoms with Gasteiger partial charge in [0.05, 0.1) is 17.5 Å². The number of aromatic nitrogens is 3. The lowest BCUT2D eigenvalue weighted by molar-refractivity contribution is -0.147. The molecule has 2 amide bonds. The number of benzene rings is 1. The lowest BCUT2D eigenvalue weighted by Crippen LogP contribution is -2.53. The van der Waals surface area contributed by atoms with Gasteiger partial charge >= 0.3 is 0 Å². The Morgan fingerprint density at radius 3 is 2.41 bits per heavy atom. The molecule has 1 aliphatic rings. The highest BCUT2D eigenvalue weighted by molar-refractivity contribution is 5.98. The van der Waals surface area contributed by atoms with E-state index in [4.69, 9.17) is 0 Å². The molecule has 1 aromatic carbocycles. The minimum absolute atomic E-state index is 0.123. The topological polar surface area (TPSA) is 79.3 Å². The van der Waals surface area contributed by atoms with E-state index in [1.165, 1.54) is 0 Å². The highest BCUT2D eigenvalue weighted by atomic mass is 16.2. The van der Waals surface area contributed by atoms with E-state index in [2.05, 4.69) is 15.0 Å². The largest absolute Gasteiger partial charge is 0.273 e. The molecule has 0 atom stereocenters. The first kappa shape index (κ1) is 17.1. The molecule has 0 unspecified atom stereocenters. The third-order valence-electron chi connectivity index (χ3n) is 4.58. The molecule has 1 fully saturated rings. The van der Waals surface area contributed by atoms with Gasteiger partial charge in [0.25, 0.3) is 5.91 Å². The van der Waals surface area contributed by atoms with Crippen molar-refractivity contribution in [2.75, 3.05) is 13.1 Å². The normalized spacial score (nSPS) is 14.4. The van der Waals surface area contributed by atoms with Gasteiger partial charge in [-0.3, -0.25) is 29.5 Å². The maximum Gasteiger partial charge on any atom is 0.272 e. The Bertz CT molecular complexity index is 976. The third-order valence-corrected chi connectivity index (χ3v) is 4.58. The molecule has 0 bridgehead atoms. The summed E-state index contributed by atoms with van der Waals surface area (Å²) in [6.45, 7) is 1.05. The number of nitrogens with zero attached hydrogens (tertiary/aromatic N) is 5. The first-order valence-corrected chi connectivity index (χ1v) is 8.95. The molecule has 0 spiro atoms. The highest BCUT2D eigenvalue weighted by Crippen LogP contribution is 2.18. The number of carbonyl (C=O) groups is 2. The molecule has 2 aromatic heterocycles. The molecule has 1 aliphatic heterocycles. The van der Waals surface area contributed by atoms with Gasteiger partial charge in [0.1, 0.15) is 0 Å². The van der Waals surface area contributed by atoms with Crippen molar-refractivity contribution in [3.05, 3.63) is 66.2 Å². The van der Waals surface area contributed by atoms with Crippen LogP contribution in [0.3, 0.4) is 0 Å². The van der Waals surface area contributed by atoms with Crippen molar-refractivity contribution in [2.45, 2.75) is 19.3 Å². The number of fused-ring (bicyclic) bond motifs is 1. The lowest BCUT2D eigenvalue weighted by atomic mass is 10.1. The van der Waals surface area contributed by atoms with Crippen LogP contribution < -0.4 is 0 Å². The van der Waals surface area contributed by atoms with Crippen LogP contribution in [0.15, 0.2) is 55.0 Å². The van der Waals surface area contributed by atoms with E-state index in [1.54, 1.807) is 46.8 Å². The van der Waals surface area contributed by atoms with Crippen molar-refractivity contribution in [1.82, 2.24) is 25.0 Å². The van der Waals surface area contributed by atoms with Crippen molar-refractivity contribution < 1.29 is 9.59 Å². The molecule has 3 heterocycles. The maximum atomic E-state index is 13.1. The van der Waals surface area contributed by atoms with Crippen molar-refractivity contribution in [3.8, 4) is 0 Å². The minimum atomic E-state index is -0.198. The van der Waals surface area contributed by atoms with Gasteiger partial charge in [-0.25, -0.2) is 5.01 Å². The predicted octanol–water partition coefficient (Wildman–Crippen LogP) is 2.25. The van der Waals surface area contributed by atoms with E-state index < -0.39 is 0 Å². The summed E-state index contributed by atoms with van der Waals surface area (Å²) in [5.41, 5.74) is 2.59. The highest BCUT2D eigenvalue weighted by Gasteiger charge is 2.29. The molecular formula is C20H19N5O2. The zero-order chi connectivity index (χ0) is 18.6. The monoisotopic (exact) mass is 361 g/mol. The molecule has 1 saturated heterocycles. The zero-order valence-corrected chi connectivity index (χ0v) is 14.8. The molecule has 4 rings (SSSR count). The number of amides is 2. The first-order chi connectivity index (χ1) is 13.2. The van der Waals surface area contributed by atoms with Crippen LogP contribution >= 0.6 is 0 Å². The number of carbonyl (C=O) groups excluding carboxylic acids is 2. The Kier molecular flexibility index (Phi) is 4.74. The second-order valence-electron chi connectivity index (χ2n) is 6.41. The Hall–Kier alpha value is -3.35. The lowest BCUT2D eigenvalue weighted by Gasteiger charge is -2.38. The standard InChI is InChI=1S/C20H19N5O2/c26-19(14-16-5-1-2-8-21-16)24-11-3-4-12-25(24)20(27)15-6-7-17-18(13-15)23-10-9-22-17/h1-2,5-10,13H,3-4,11-12,14H2. The van der Waals surface area contributed by atoms with Crippen molar-refractivity contribution in [2.24, 2.45) is 0 Å². The summed E-state index contributed by atoms with van der Waals surface area (Å²) >= 11 is 0. The van der Waals surface area contributed by atoms with Gasteiger partial charge in [0.15, 0.2) is 0 Å². The first-order valence-electron chi connectivity index (χ1n) is 8.95. The fourth-order valence-electron chi connectivity index (χ4n) is 3.23. The third kappa shape index (κ3) is 3.62. The van der Waals surface area contributed by atoms with E-state index in [0.717, 1.165) is 18.4 Å². The Morgan fingerprint density at radius 1 is 0.852 bits per heavy atom. The van der Waals surface area contributed by atoms with E-state index in [0.29, 0.717) is 29.9 Å². The summed E-state index contributed by atoms with van der Waals surface area (Å²) in [5, 5.41) is 3.10. The van der Waals surface area contributed by atoms with Gasteiger partial charge < -0.3 is 0 Å². The average molecular weight is 361 g/mol. The quantitative estimate of drug-likeness (QED) is 0.715. The predicted molar refractivity (Wildman–Crippen MR) is 99.5 cm³/mol. The van der Waals surface area contributed by atoms with Crippen LogP contribution in [0.1, 0.15) is 28.9 Å². The number of pyridine rings is 1. The summed E-state index contributed by atoms with van der Waals surface area (Å²) in [6, 6.07) is 10.7. The summed E-state index contributed by atoms with van der Waals surface area (Å²) in [4.78, 5) is 38.6. The number of hydrogen-bond acceptors (Lipinski definition) is 5. The zero-order valence-electron chi connectivity index (χ0n) is 14.8. The molecular weight excluding hydrogens is 342 g/mol. The minimum Gasteiger partial charge on any atom is -0.273 e. The fraction of sp³-hybridized carbons (Fsp3) is 0.250. The Labute approximate surface area is 156 Å². The number of rotatable bonds is 3. The molecule has 136 valence electrons. The van der Waals surface area contributed by atoms with Gasteiger partial charge in [-0.1, -0.05) is 6.07 Å². The summed E-state index contributed by atoms with van der Waals surface area (Å²) in [6.07, 6.45) is 6.80. The van der Waals surface area contributed by atoms with Crippen molar-refractivity contribution >= 4 is 22.8 Å². The average Bonchev–Trinajstić information content (AvgIpc) is 2.73. The summed E-state index contributed by atoms with van der Waals surface area (Å²) in [5.74, 6) is -0.320. The number of hydrazine groups is 1. The van der Waals surface area contributed by atoms with Crippen LogP contribution in [0.5, 0.6) is 0 Å². The van der Waals surface area contributed by atoms with Crippen LogP contribution in [0.25, 0.3) is 11.0 Å². The van der Waals surface area contributed by atoms with Crippen molar-refractivity contribution in [3.63, 3.8) is 0 Å². The van der Waals surface area contributed by atoms with Crippen molar-refractivity contribution in [1.29, 1.82) is 0 Å². The van der Waals surface area contributed by atoms with Crippen LogP contribution in [0.2, 0.25) is 0 Å². The summed E-state index contributed by atoms with van der Waals surface area (Å²) in [7, 11) is 0. The maximum absolute atomic E-state index is 13.1. The Morgan fingerprint density at radius 2 is 1.63 bits per heavy atom. The van der Waals surface area contributed by atoms with Gasteiger partial charge in [-0.15, -0.1) is 0 Å². The van der Waals surface area contributed by atoms with E-state index in [1.807, 2.05) is 18.2 Å². The number of hydrogen-bond donors (Lipinski definition) is 0. The SMILES string of the molecule is O=C(Cc1ccccn1)N1CCCCN1C(=O)c1ccc2nccnc2c1. The van der Waals surface area contributed by atoms with Gasteiger partial charge in [-0.05, 0) is 43.2 Å². The van der Waals surface area contributed by atoms with Gasteiger partial charge in [0.2, 0.25) is 5.91 Å². The van der Waals surface area contributed by atoms with E-state index in [9.17, 15) is 9.59 Å². The van der Waals surface area contributed by atoms with Gasteiger partial charge in [0, 0.05) is 42.9 Å². The van der Waals surface area contributed by atoms with Crippen LogP contribution in [-0.4, -0.2) is 49.9 Å². The molecule has 3 aromatic rings.